The maximum Gasteiger partial charge on any atom is 0.391 e. The summed E-state index contributed by atoms with van der Waals surface area (Å²) in [5.41, 5.74) is 0.0189. The van der Waals surface area contributed by atoms with Gasteiger partial charge in [0.05, 0.1) is 5.92 Å². The Labute approximate surface area is 107 Å². The van der Waals surface area contributed by atoms with Gasteiger partial charge in [0.2, 0.25) is 0 Å². The first kappa shape index (κ1) is 15.8. The van der Waals surface area contributed by atoms with Gasteiger partial charge in [0.15, 0.2) is 0 Å². The van der Waals surface area contributed by atoms with Crippen molar-refractivity contribution < 1.29 is 18.3 Å². The van der Waals surface area contributed by atoms with Crippen molar-refractivity contribution >= 4 is 0 Å². The van der Waals surface area contributed by atoms with Crippen molar-refractivity contribution in [3.63, 3.8) is 0 Å². The molecule has 108 valence electrons. The molecule has 5 heteroatoms. The van der Waals surface area contributed by atoms with Crippen LogP contribution in [0.15, 0.2) is 0 Å². The lowest BCUT2D eigenvalue weighted by atomic mass is 9.95. The first-order valence-electron chi connectivity index (χ1n) is 6.85. The van der Waals surface area contributed by atoms with Gasteiger partial charge < -0.3 is 10.0 Å². The standard InChI is InChI=1S/C11H18F3NO.C2H6/c12-11(13,14)9-1-5-15(6-2-9)7-10(8-16)3-4-10;1-2/h9,16H,1-8H2;1-2H3. The van der Waals surface area contributed by atoms with Crippen LogP contribution in [0, 0.1) is 11.3 Å². The molecule has 0 unspecified atom stereocenters. The van der Waals surface area contributed by atoms with Gasteiger partial charge >= 0.3 is 6.18 Å². The predicted octanol–water partition coefficient (Wildman–Crippen LogP) is 3.06. The summed E-state index contributed by atoms with van der Waals surface area (Å²) in [6, 6.07) is 0. The van der Waals surface area contributed by atoms with E-state index in [-0.39, 0.29) is 24.9 Å². The summed E-state index contributed by atoms with van der Waals surface area (Å²) in [6.45, 7) is 5.98. The fourth-order valence-corrected chi connectivity index (χ4v) is 2.44. The predicted molar refractivity (Wildman–Crippen MR) is 65.3 cm³/mol. The number of alkyl halides is 3. The number of likely N-dealkylation sites (tertiary alicyclic amines) is 1. The highest BCUT2D eigenvalue weighted by Crippen LogP contribution is 2.46. The molecule has 1 heterocycles. The van der Waals surface area contributed by atoms with Crippen LogP contribution in [-0.4, -0.2) is 42.4 Å². The maximum absolute atomic E-state index is 12.4. The Morgan fingerprint density at radius 3 is 2.00 bits per heavy atom. The molecule has 1 saturated heterocycles. The molecular weight excluding hydrogens is 243 g/mol. The number of halogens is 3. The van der Waals surface area contributed by atoms with Crippen molar-refractivity contribution in [2.75, 3.05) is 26.2 Å². The molecule has 0 aromatic heterocycles. The van der Waals surface area contributed by atoms with Crippen LogP contribution in [0.2, 0.25) is 0 Å². The Balaban J connectivity index is 0.000000771. The van der Waals surface area contributed by atoms with Gasteiger partial charge in [-0.3, -0.25) is 0 Å². The van der Waals surface area contributed by atoms with E-state index in [9.17, 15) is 13.2 Å². The van der Waals surface area contributed by atoms with E-state index in [1.54, 1.807) is 0 Å². The third kappa shape index (κ3) is 4.12. The van der Waals surface area contributed by atoms with Crippen molar-refractivity contribution in [1.29, 1.82) is 0 Å². The van der Waals surface area contributed by atoms with E-state index in [0.717, 1.165) is 19.4 Å². The van der Waals surface area contributed by atoms with Gasteiger partial charge in [0.1, 0.15) is 0 Å². The molecule has 18 heavy (non-hydrogen) atoms. The molecule has 2 aliphatic rings. The highest BCUT2D eigenvalue weighted by atomic mass is 19.4. The topological polar surface area (TPSA) is 23.5 Å². The molecule has 2 rings (SSSR count). The minimum atomic E-state index is -4.03. The average molecular weight is 267 g/mol. The fourth-order valence-electron chi connectivity index (χ4n) is 2.44. The minimum absolute atomic E-state index is 0.0189. The normalized spacial score (nSPS) is 24.3. The van der Waals surface area contributed by atoms with Gasteiger partial charge in [-0.15, -0.1) is 0 Å². The molecule has 1 aliphatic carbocycles. The molecule has 2 fully saturated rings. The van der Waals surface area contributed by atoms with E-state index < -0.39 is 12.1 Å². The highest BCUT2D eigenvalue weighted by Gasteiger charge is 2.45. The van der Waals surface area contributed by atoms with Crippen LogP contribution in [-0.2, 0) is 0 Å². The second-order valence-corrected chi connectivity index (χ2v) is 5.25. The van der Waals surface area contributed by atoms with Gasteiger partial charge in [-0.1, -0.05) is 13.8 Å². The third-order valence-electron chi connectivity index (χ3n) is 3.90. The van der Waals surface area contributed by atoms with E-state index >= 15 is 0 Å². The quantitative estimate of drug-likeness (QED) is 0.849. The summed E-state index contributed by atoms with van der Waals surface area (Å²) < 4.78 is 37.3. The van der Waals surface area contributed by atoms with E-state index in [1.165, 1.54) is 0 Å². The molecule has 1 aliphatic heterocycles. The second kappa shape index (κ2) is 6.24. The first-order chi connectivity index (χ1) is 8.45. The van der Waals surface area contributed by atoms with E-state index in [1.807, 2.05) is 13.8 Å². The Morgan fingerprint density at radius 2 is 1.67 bits per heavy atom. The zero-order valence-corrected chi connectivity index (χ0v) is 11.3. The maximum atomic E-state index is 12.4. The fraction of sp³-hybridized carbons (Fsp3) is 1.00. The Kier molecular flexibility index (Phi) is 5.46. The van der Waals surface area contributed by atoms with Crippen molar-refractivity contribution in [2.24, 2.45) is 11.3 Å². The van der Waals surface area contributed by atoms with Crippen LogP contribution >= 0.6 is 0 Å². The van der Waals surface area contributed by atoms with Crippen molar-refractivity contribution in [1.82, 2.24) is 4.90 Å². The van der Waals surface area contributed by atoms with Crippen LogP contribution in [0.1, 0.15) is 39.5 Å². The molecule has 2 nitrogen and oxygen atoms in total. The van der Waals surface area contributed by atoms with Gasteiger partial charge in [-0.25, -0.2) is 0 Å². The van der Waals surface area contributed by atoms with Crippen LogP contribution in [0.5, 0.6) is 0 Å². The largest absolute Gasteiger partial charge is 0.396 e. The zero-order chi connectivity index (χ0) is 13.8. The number of aliphatic hydroxyl groups is 1. The van der Waals surface area contributed by atoms with Gasteiger partial charge in [-0.05, 0) is 38.8 Å². The third-order valence-corrected chi connectivity index (χ3v) is 3.90. The Hall–Kier alpha value is -0.290. The van der Waals surface area contributed by atoms with Crippen molar-refractivity contribution in [3.05, 3.63) is 0 Å². The summed E-state index contributed by atoms with van der Waals surface area (Å²) in [5.74, 6) is -1.12. The molecule has 1 saturated carbocycles. The lowest BCUT2D eigenvalue weighted by Crippen LogP contribution is -2.42. The number of piperidine rings is 1. The zero-order valence-electron chi connectivity index (χ0n) is 11.3. The van der Waals surface area contributed by atoms with Crippen molar-refractivity contribution in [3.8, 4) is 0 Å². The lowest BCUT2D eigenvalue weighted by Gasteiger charge is -2.34. The van der Waals surface area contributed by atoms with Gasteiger partial charge in [0.25, 0.3) is 0 Å². The first-order valence-corrected chi connectivity index (χ1v) is 6.85. The van der Waals surface area contributed by atoms with Crippen LogP contribution in [0.4, 0.5) is 13.2 Å². The smallest absolute Gasteiger partial charge is 0.391 e. The summed E-state index contributed by atoms with van der Waals surface area (Å²) in [5, 5.41) is 9.16. The average Bonchev–Trinajstić information content (AvgIpc) is 3.12. The van der Waals surface area contributed by atoms with E-state index in [0.29, 0.717) is 13.1 Å². The van der Waals surface area contributed by atoms with Crippen LogP contribution in [0.25, 0.3) is 0 Å². The second-order valence-electron chi connectivity index (χ2n) is 5.25. The number of hydrogen-bond donors (Lipinski definition) is 1. The van der Waals surface area contributed by atoms with E-state index in [4.69, 9.17) is 5.11 Å². The number of nitrogens with zero attached hydrogens (tertiary/aromatic N) is 1. The SMILES string of the molecule is CC.OCC1(CN2CCC(C(F)(F)F)CC2)CC1. The highest BCUT2D eigenvalue weighted by molar-refractivity contribution is 4.95. The number of aliphatic hydroxyl groups excluding tert-OH is 1. The summed E-state index contributed by atoms with van der Waals surface area (Å²) in [4.78, 5) is 2.07. The molecular formula is C13H24F3NO. The van der Waals surface area contributed by atoms with E-state index in [2.05, 4.69) is 4.90 Å². The summed E-state index contributed by atoms with van der Waals surface area (Å²) in [7, 11) is 0. The van der Waals surface area contributed by atoms with Gasteiger partial charge in [-0.2, -0.15) is 13.2 Å². The molecule has 0 aromatic rings. The van der Waals surface area contributed by atoms with Crippen LogP contribution in [0.3, 0.4) is 0 Å². The lowest BCUT2D eigenvalue weighted by molar-refractivity contribution is -0.185. The van der Waals surface area contributed by atoms with Gasteiger partial charge in [0, 0.05) is 18.6 Å². The summed E-state index contributed by atoms with van der Waals surface area (Å²) >= 11 is 0. The molecule has 1 N–H and O–H groups in total. The van der Waals surface area contributed by atoms with Crippen LogP contribution < -0.4 is 0 Å². The minimum Gasteiger partial charge on any atom is -0.396 e. The molecule has 0 bridgehead atoms. The molecule has 0 atom stereocenters. The molecule has 0 spiro atoms. The molecule has 0 radical (unpaired) electrons. The summed E-state index contributed by atoms with van der Waals surface area (Å²) in [6.07, 6.45) is -1.57. The van der Waals surface area contributed by atoms with Crippen molar-refractivity contribution in [2.45, 2.75) is 45.7 Å². The Bertz CT molecular complexity index is 243. The molecule has 0 amide bonds. The number of hydrogen-bond acceptors (Lipinski definition) is 2. The molecule has 0 aromatic carbocycles. The number of rotatable bonds is 3. The Morgan fingerprint density at radius 1 is 1.17 bits per heavy atom. The monoisotopic (exact) mass is 267 g/mol.